The molecule has 8 heteroatoms. The molecule has 1 aliphatic rings. The van der Waals surface area contributed by atoms with Gasteiger partial charge in [-0.05, 0) is 37.5 Å². The summed E-state index contributed by atoms with van der Waals surface area (Å²) >= 11 is 0. The highest BCUT2D eigenvalue weighted by atomic mass is 16.5. The lowest BCUT2D eigenvalue weighted by atomic mass is 10.0. The number of carbonyl (C=O) groups excluding carboxylic acids is 1. The van der Waals surface area contributed by atoms with Crippen LogP contribution in [0, 0.1) is 0 Å². The number of piperidine rings is 1. The molecular formula is C18H19N5O3. The second-order valence-corrected chi connectivity index (χ2v) is 6.13. The number of aromatic amines is 1. The fraction of sp³-hybridized carbons (Fsp3) is 0.333. The van der Waals surface area contributed by atoms with Gasteiger partial charge in [0.15, 0.2) is 12.4 Å². The molecule has 1 atom stereocenters. The Morgan fingerprint density at radius 3 is 2.96 bits per heavy atom. The van der Waals surface area contributed by atoms with E-state index in [1.165, 1.54) is 0 Å². The van der Waals surface area contributed by atoms with E-state index in [1.807, 2.05) is 30.3 Å². The first-order chi connectivity index (χ1) is 12.8. The number of ether oxygens (including phenoxy) is 1. The van der Waals surface area contributed by atoms with Crippen molar-refractivity contribution in [3.63, 3.8) is 0 Å². The Labute approximate surface area is 150 Å². The zero-order valence-corrected chi connectivity index (χ0v) is 14.2. The Kier molecular flexibility index (Phi) is 4.63. The fourth-order valence-electron chi connectivity index (χ4n) is 3.10. The van der Waals surface area contributed by atoms with Gasteiger partial charge >= 0.3 is 0 Å². The smallest absolute Gasteiger partial charge is 0.276 e. The Hall–Kier alpha value is -3.16. The minimum atomic E-state index is -0.198. The van der Waals surface area contributed by atoms with Gasteiger partial charge in [-0.1, -0.05) is 23.4 Å². The molecule has 3 heterocycles. The zero-order valence-electron chi connectivity index (χ0n) is 14.2. The van der Waals surface area contributed by atoms with Gasteiger partial charge in [0.2, 0.25) is 0 Å². The summed E-state index contributed by atoms with van der Waals surface area (Å²) in [7, 11) is 0. The molecule has 1 aliphatic heterocycles. The Morgan fingerprint density at radius 1 is 1.27 bits per heavy atom. The van der Waals surface area contributed by atoms with Crippen molar-refractivity contribution >= 4 is 5.91 Å². The maximum absolute atomic E-state index is 12.7. The van der Waals surface area contributed by atoms with E-state index in [1.54, 1.807) is 17.2 Å². The van der Waals surface area contributed by atoms with Crippen LogP contribution in [-0.2, 0) is 4.79 Å². The molecule has 2 aromatic heterocycles. The van der Waals surface area contributed by atoms with Gasteiger partial charge in [-0.3, -0.25) is 9.89 Å². The fourth-order valence-corrected chi connectivity index (χ4v) is 3.10. The van der Waals surface area contributed by atoms with Gasteiger partial charge < -0.3 is 14.2 Å². The number of para-hydroxylation sites is 1. The third-order valence-electron chi connectivity index (χ3n) is 4.40. The lowest BCUT2D eigenvalue weighted by Crippen LogP contribution is -2.41. The summed E-state index contributed by atoms with van der Waals surface area (Å²) in [5.74, 6) is 1.49. The monoisotopic (exact) mass is 353 g/mol. The van der Waals surface area contributed by atoms with Crippen molar-refractivity contribution in [1.29, 1.82) is 0 Å². The van der Waals surface area contributed by atoms with Crippen LogP contribution in [0.15, 0.2) is 47.1 Å². The number of amides is 1. The van der Waals surface area contributed by atoms with Gasteiger partial charge in [-0.2, -0.15) is 10.1 Å². The Morgan fingerprint density at radius 2 is 2.15 bits per heavy atom. The van der Waals surface area contributed by atoms with E-state index in [-0.39, 0.29) is 18.6 Å². The number of benzene rings is 1. The van der Waals surface area contributed by atoms with Crippen LogP contribution in [0.2, 0.25) is 0 Å². The van der Waals surface area contributed by atoms with Gasteiger partial charge in [0.05, 0.1) is 6.04 Å². The molecule has 8 nitrogen and oxygen atoms in total. The number of nitrogens with zero attached hydrogens (tertiary/aromatic N) is 4. The first-order valence-electron chi connectivity index (χ1n) is 8.62. The molecule has 0 spiro atoms. The predicted octanol–water partition coefficient (Wildman–Crippen LogP) is 2.59. The molecule has 0 saturated carbocycles. The van der Waals surface area contributed by atoms with Gasteiger partial charge in [0.1, 0.15) is 11.4 Å². The number of rotatable bonds is 5. The van der Waals surface area contributed by atoms with Crippen molar-refractivity contribution in [3.05, 3.63) is 48.4 Å². The molecule has 4 rings (SSSR count). The molecule has 0 unspecified atom stereocenters. The predicted molar refractivity (Wildman–Crippen MR) is 92.1 cm³/mol. The van der Waals surface area contributed by atoms with E-state index >= 15 is 0 Å². The Bertz CT molecular complexity index is 847. The summed E-state index contributed by atoms with van der Waals surface area (Å²) < 4.78 is 10.9. The molecule has 1 aromatic carbocycles. The van der Waals surface area contributed by atoms with Crippen molar-refractivity contribution in [1.82, 2.24) is 25.2 Å². The maximum atomic E-state index is 12.7. The van der Waals surface area contributed by atoms with Crippen LogP contribution in [-0.4, -0.2) is 44.3 Å². The van der Waals surface area contributed by atoms with E-state index in [0.29, 0.717) is 29.7 Å². The van der Waals surface area contributed by atoms with Crippen molar-refractivity contribution in [2.24, 2.45) is 0 Å². The molecule has 1 saturated heterocycles. The van der Waals surface area contributed by atoms with Crippen LogP contribution in [0.5, 0.6) is 5.75 Å². The zero-order chi connectivity index (χ0) is 17.8. The number of carbonyl (C=O) groups is 1. The minimum Gasteiger partial charge on any atom is -0.484 e. The van der Waals surface area contributed by atoms with Crippen LogP contribution < -0.4 is 4.74 Å². The third kappa shape index (κ3) is 3.44. The van der Waals surface area contributed by atoms with Crippen LogP contribution >= 0.6 is 0 Å². The average molecular weight is 353 g/mol. The summed E-state index contributed by atoms with van der Waals surface area (Å²) in [6, 6.07) is 10.9. The lowest BCUT2D eigenvalue weighted by molar-refractivity contribution is -0.137. The summed E-state index contributed by atoms with van der Waals surface area (Å²) in [6.07, 6.45) is 4.40. The van der Waals surface area contributed by atoms with E-state index in [4.69, 9.17) is 9.26 Å². The maximum Gasteiger partial charge on any atom is 0.276 e. The quantitative estimate of drug-likeness (QED) is 0.757. The first kappa shape index (κ1) is 16.3. The third-order valence-corrected chi connectivity index (χ3v) is 4.40. The summed E-state index contributed by atoms with van der Waals surface area (Å²) in [6.45, 7) is 0.654. The molecule has 3 aromatic rings. The standard InChI is InChI=1S/C18H19N5O3/c24-16(12-25-13-6-2-1-3-7-13)23-11-5-4-8-15(23)17-20-18(26-22-17)14-9-10-19-21-14/h1-3,6-7,9-10,15H,4-5,8,11-12H2,(H,19,21)/t15-/m1/s1. The lowest BCUT2D eigenvalue weighted by Gasteiger charge is -2.33. The van der Waals surface area contributed by atoms with Crippen molar-refractivity contribution in [2.45, 2.75) is 25.3 Å². The van der Waals surface area contributed by atoms with Crippen molar-refractivity contribution in [2.75, 3.05) is 13.2 Å². The summed E-state index contributed by atoms with van der Waals surface area (Å²) in [5, 5.41) is 10.8. The molecule has 0 radical (unpaired) electrons. The summed E-state index contributed by atoms with van der Waals surface area (Å²) in [5.41, 5.74) is 0.657. The number of H-pyrrole nitrogens is 1. The van der Waals surface area contributed by atoms with E-state index in [2.05, 4.69) is 20.3 Å². The number of hydrogen-bond donors (Lipinski definition) is 1. The highest BCUT2D eigenvalue weighted by molar-refractivity contribution is 5.78. The first-order valence-corrected chi connectivity index (χ1v) is 8.62. The van der Waals surface area contributed by atoms with Crippen LogP contribution in [0.3, 0.4) is 0 Å². The van der Waals surface area contributed by atoms with Gasteiger partial charge in [-0.15, -0.1) is 0 Å². The topological polar surface area (TPSA) is 97.1 Å². The van der Waals surface area contributed by atoms with E-state index in [9.17, 15) is 4.79 Å². The van der Waals surface area contributed by atoms with Crippen molar-refractivity contribution in [3.8, 4) is 17.3 Å². The normalized spacial score (nSPS) is 17.2. The van der Waals surface area contributed by atoms with Gasteiger partial charge in [0, 0.05) is 12.7 Å². The molecular weight excluding hydrogens is 334 g/mol. The molecule has 0 bridgehead atoms. The highest BCUT2D eigenvalue weighted by Gasteiger charge is 2.32. The Balaban J connectivity index is 1.47. The number of likely N-dealkylation sites (tertiary alicyclic amines) is 1. The van der Waals surface area contributed by atoms with Crippen LogP contribution in [0.4, 0.5) is 0 Å². The SMILES string of the molecule is O=C(COc1ccccc1)N1CCCC[C@@H]1c1noc(-c2ccn[nH]2)n1. The van der Waals surface area contributed by atoms with Crippen LogP contribution in [0.1, 0.15) is 31.1 Å². The number of aromatic nitrogens is 4. The molecule has 26 heavy (non-hydrogen) atoms. The summed E-state index contributed by atoms with van der Waals surface area (Å²) in [4.78, 5) is 18.9. The highest BCUT2D eigenvalue weighted by Crippen LogP contribution is 2.30. The van der Waals surface area contributed by atoms with E-state index < -0.39 is 0 Å². The second-order valence-electron chi connectivity index (χ2n) is 6.13. The largest absolute Gasteiger partial charge is 0.484 e. The molecule has 1 amide bonds. The second kappa shape index (κ2) is 7.38. The molecule has 0 aliphatic carbocycles. The average Bonchev–Trinajstić information content (AvgIpc) is 3.38. The van der Waals surface area contributed by atoms with Crippen LogP contribution in [0.25, 0.3) is 11.6 Å². The number of hydrogen-bond acceptors (Lipinski definition) is 6. The van der Waals surface area contributed by atoms with E-state index in [0.717, 1.165) is 19.3 Å². The van der Waals surface area contributed by atoms with Gasteiger partial charge in [0.25, 0.3) is 11.8 Å². The molecule has 1 fully saturated rings. The van der Waals surface area contributed by atoms with Gasteiger partial charge in [-0.25, -0.2) is 0 Å². The molecule has 1 N–H and O–H groups in total. The number of nitrogens with one attached hydrogen (secondary N) is 1. The minimum absolute atomic E-state index is 0.00816. The van der Waals surface area contributed by atoms with Crippen molar-refractivity contribution < 1.29 is 14.1 Å². The molecule has 134 valence electrons.